The maximum absolute atomic E-state index is 16.0. The van der Waals surface area contributed by atoms with Crippen LogP contribution in [-0.2, 0) is 50.1 Å². The van der Waals surface area contributed by atoms with Crippen molar-refractivity contribution in [2.75, 3.05) is 22.7 Å². The molecule has 0 aliphatic carbocycles. The smallest absolute Gasteiger partial charge is 0.266 e. The number of sulfonamides is 2. The maximum Gasteiger partial charge on any atom is 0.266 e. The second-order valence-electron chi connectivity index (χ2n) is 17.9. The van der Waals surface area contributed by atoms with Crippen LogP contribution < -0.4 is 8.61 Å². The zero-order chi connectivity index (χ0) is 46.5. The molecule has 340 valence electrons. The van der Waals surface area contributed by atoms with E-state index in [2.05, 4.69) is 0 Å². The Balaban J connectivity index is 1.27. The zero-order valence-corrected chi connectivity index (χ0v) is 41.9. The zero-order valence-electron chi connectivity index (χ0n) is 35.3. The highest BCUT2D eigenvalue weighted by molar-refractivity contribution is 8.48. The SMILES string of the molecule is CN1C(=O)C23CC4(C56CC78SC(S)S[C@](C)(C(=O)N7[C@H]5N(S(=O)(=O)c5ccccc5)c5ccccc56)N(C)C8=O)c5ccccc5N(S(=O)(=O)c5ccccc5)[C@@H]4N2C(=O)[C@@]1(C)SC(=S)S3. The summed E-state index contributed by atoms with van der Waals surface area (Å²) in [6.07, 6.45) is -3.71. The van der Waals surface area contributed by atoms with Crippen LogP contribution in [0.25, 0.3) is 0 Å². The highest BCUT2D eigenvalue weighted by Crippen LogP contribution is 2.79. The minimum atomic E-state index is -4.67. The number of thiol groups is 1. The summed E-state index contributed by atoms with van der Waals surface area (Å²) < 4.78 is 65.5. The molecule has 0 N–H and O–H groups in total. The third-order valence-corrected chi connectivity index (χ3v) is 25.2. The average Bonchev–Trinajstić information content (AvgIpc) is 3.91. The molecule has 0 aromatic heterocycles. The summed E-state index contributed by atoms with van der Waals surface area (Å²) in [4.78, 5) is 61.8. The number of amides is 4. The number of rotatable bonds is 5. The van der Waals surface area contributed by atoms with Crippen molar-refractivity contribution in [2.24, 2.45) is 0 Å². The first-order chi connectivity index (χ1) is 31.2. The summed E-state index contributed by atoms with van der Waals surface area (Å²) in [6.45, 7) is 3.24. The predicted octanol–water partition coefficient (Wildman–Crippen LogP) is 5.62. The van der Waals surface area contributed by atoms with E-state index in [0.29, 0.717) is 11.1 Å². The fourth-order valence-corrected chi connectivity index (χ4v) is 23.9. The van der Waals surface area contributed by atoms with Gasteiger partial charge in [-0.3, -0.25) is 29.0 Å². The minimum absolute atomic E-state index is 0.0858. The van der Waals surface area contributed by atoms with Crippen LogP contribution in [0.2, 0.25) is 0 Å². The van der Waals surface area contributed by atoms with Gasteiger partial charge in [0.15, 0.2) is 19.5 Å². The molecule has 4 bridgehead atoms. The van der Waals surface area contributed by atoms with E-state index >= 15 is 36.0 Å². The van der Waals surface area contributed by atoms with E-state index in [0.717, 1.165) is 35.3 Å². The Labute approximate surface area is 409 Å². The van der Waals surface area contributed by atoms with Gasteiger partial charge in [0.2, 0.25) is 0 Å². The van der Waals surface area contributed by atoms with Gasteiger partial charge in [-0.1, -0.05) is 132 Å². The Morgan fingerprint density at radius 2 is 0.970 bits per heavy atom. The van der Waals surface area contributed by atoms with Crippen LogP contribution >= 0.6 is 71.9 Å². The van der Waals surface area contributed by atoms with Crippen LogP contribution in [0.15, 0.2) is 119 Å². The average molecular weight is 1040 g/mol. The summed E-state index contributed by atoms with van der Waals surface area (Å²) in [5.41, 5.74) is -2.40. The second kappa shape index (κ2) is 13.4. The molecule has 0 saturated carbocycles. The van der Waals surface area contributed by atoms with Gasteiger partial charge in [0.25, 0.3) is 43.7 Å². The van der Waals surface area contributed by atoms with Crippen molar-refractivity contribution in [1.29, 1.82) is 0 Å². The van der Waals surface area contributed by atoms with Gasteiger partial charge in [0.05, 0.1) is 35.9 Å². The Morgan fingerprint density at radius 1 is 0.561 bits per heavy atom. The quantitative estimate of drug-likeness (QED) is 0.194. The summed E-state index contributed by atoms with van der Waals surface area (Å²) in [7, 11) is -6.24. The largest absolute Gasteiger partial charge is 0.320 e. The molecule has 4 amide bonds. The molecule has 2 spiro atoms. The molecule has 8 fully saturated rings. The molecule has 22 heteroatoms. The number of likely N-dealkylation sites (N-methyl/N-ethyl adjacent to an activating group) is 2. The molecule has 10 heterocycles. The third-order valence-electron chi connectivity index (χ3n) is 15.2. The number of anilines is 2. The molecule has 14 nitrogen and oxygen atoms in total. The monoisotopic (exact) mass is 1030 g/mol. The van der Waals surface area contributed by atoms with Crippen LogP contribution in [0.1, 0.15) is 37.8 Å². The van der Waals surface area contributed by atoms with Crippen LogP contribution in [-0.4, -0.2) is 113 Å². The van der Waals surface area contributed by atoms with Crippen LogP contribution in [0.5, 0.6) is 0 Å². The molecule has 5 unspecified atom stereocenters. The number of para-hydroxylation sites is 2. The number of hydrogen-bond acceptors (Lipinski definition) is 14. The predicted molar refractivity (Wildman–Crippen MR) is 263 cm³/mol. The van der Waals surface area contributed by atoms with E-state index in [1.165, 1.54) is 64.2 Å². The van der Waals surface area contributed by atoms with Crippen molar-refractivity contribution in [1.82, 2.24) is 19.6 Å². The molecule has 66 heavy (non-hydrogen) atoms. The van der Waals surface area contributed by atoms with E-state index in [9.17, 15) is 0 Å². The molecule has 10 aliphatic rings. The van der Waals surface area contributed by atoms with Crippen LogP contribution in [0.3, 0.4) is 0 Å². The molecule has 4 aromatic carbocycles. The lowest BCUT2D eigenvalue weighted by Gasteiger charge is -2.52. The lowest BCUT2D eigenvalue weighted by atomic mass is 9.54. The summed E-state index contributed by atoms with van der Waals surface area (Å²) >= 11 is 15.4. The fraction of sp³-hybridized carbons (Fsp3) is 0.341. The van der Waals surface area contributed by atoms with Gasteiger partial charge in [0.1, 0.15) is 15.9 Å². The number of benzene rings is 4. The molecule has 9 atom stereocenters. The number of nitrogens with zero attached hydrogens (tertiary/aromatic N) is 6. The van der Waals surface area contributed by atoms with Crippen molar-refractivity contribution in [3.8, 4) is 0 Å². The maximum atomic E-state index is 16.0. The van der Waals surface area contributed by atoms with Crippen molar-refractivity contribution >= 4 is 130 Å². The van der Waals surface area contributed by atoms with E-state index in [1.807, 2.05) is 0 Å². The lowest BCUT2D eigenvalue weighted by Crippen LogP contribution is -2.73. The summed E-state index contributed by atoms with van der Waals surface area (Å²) in [5.74, 6) is -2.08. The number of piperazine rings is 2. The second-order valence-corrected chi connectivity index (χ2v) is 29.8. The van der Waals surface area contributed by atoms with Crippen molar-refractivity contribution in [3.63, 3.8) is 0 Å². The lowest BCUT2D eigenvalue weighted by molar-refractivity contribution is -0.163. The van der Waals surface area contributed by atoms with Gasteiger partial charge in [-0.05, 0) is 61.4 Å². The van der Waals surface area contributed by atoms with E-state index in [4.69, 9.17) is 24.8 Å². The summed E-state index contributed by atoms with van der Waals surface area (Å²) in [5, 5.41) is 0. The Morgan fingerprint density at radius 3 is 1.48 bits per heavy atom. The molecule has 10 aliphatic heterocycles. The molecule has 0 radical (unpaired) electrons. The Kier molecular flexibility index (Phi) is 8.84. The number of carbonyl (C=O) groups is 4. The highest BCUT2D eigenvalue weighted by atomic mass is 32.3. The fourth-order valence-electron chi connectivity index (χ4n) is 12.3. The topological polar surface area (TPSA) is 156 Å². The van der Waals surface area contributed by atoms with Gasteiger partial charge in [-0.2, -0.15) is 12.6 Å². The summed E-state index contributed by atoms with van der Waals surface area (Å²) in [6, 6.07) is 29.4. The molecular formula is C44H38N6O8S8. The third kappa shape index (κ3) is 4.71. The highest BCUT2D eigenvalue weighted by Gasteiger charge is 2.89. The van der Waals surface area contributed by atoms with Gasteiger partial charge in [-0.25, -0.2) is 25.4 Å². The molecule has 8 saturated heterocycles. The van der Waals surface area contributed by atoms with Gasteiger partial charge >= 0.3 is 0 Å². The van der Waals surface area contributed by atoms with E-state index < -0.39 is 90.2 Å². The first kappa shape index (κ1) is 43.4. The van der Waals surface area contributed by atoms with E-state index in [-0.39, 0.29) is 37.5 Å². The number of thioether (sulfide) groups is 4. The van der Waals surface area contributed by atoms with Crippen molar-refractivity contribution in [3.05, 3.63) is 120 Å². The Bertz CT molecular complexity index is 3170. The minimum Gasteiger partial charge on any atom is -0.320 e. The number of hydrogen-bond donors (Lipinski definition) is 1. The Hall–Kier alpha value is -3.90. The van der Waals surface area contributed by atoms with Gasteiger partial charge in [0, 0.05) is 26.9 Å². The van der Waals surface area contributed by atoms with Crippen molar-refractivity contribution in [2.45, 2.75) is 83.0 Å². The number of thiocarbonyl (C=S) groups is 1. The number of fused-ring (bicyclic) bond motifs is 13. The molecular weight excluding hydrogens is 997 g/mol. The standard InChI is InChI=1S/C44H38N6O8S8/c1-39-33(51)47-31-41(23-43(47,35(53)45(39)3)63-37(59)61-39,27-19-11-13-21-29(27)49(31)65(55,56)25-15-7-5-8-16-25)42-24-44-36(54)46(4)40(2,62-38(60)64-44)34(52)48(44)32(42)50(30-22-14-12-20-28(30)42)66(57,58)26-17-9-6-10-18-26/h5-22,31-32,37,59H,23-24H2,1-4H3/t31-,32-,37?,39+,40+,41?,42?,43?,44?/m0/s1. The first-order valence-electron chi connectivity index (χ1n) is 20.8. The number of carbonyl (C=O) groups excluding carboxylic acids is 4. The van der Waals surface area contributed by atoms with Gasteiger partial charge < -0.3 is 9.80 Å². The molecule has 14 rings (SSSR count). The van der Waals surface area contributed by atoms with Gasteiger partial charge in [-0.15, -0.1) is 0 Å². The molecule has 4 aromatic rings. The van der Waals surface area contributed by atoms with Crippen molar-refractivity contribution < 1.29 is 36.0 Å². The van der Waals surface area contributed by atoms with Crippen LogP contribution in [0, 0.1) is 0 Å². The van der Waals surface area contributed by atoms with E-state index in [1.54, 1.807) is 113 Å². The normalized spacial score (nSPS) is 36.3. The first-order valence-corrected chi connectivity index (χ1v) is 28.0. The van der Waals surface area contributed by atoms with Crippen LogP contribution in [0.4, 0.5) is 11.4 Å².